The van der Waals surface area contributed by atoms with Crippen LogP contribution in [0.3, 0.4) is 0 Å². The van der Waals surface area contributed by atoms with Crippen molar-refractivity contribution in [1.82, 2.24) is 9.97 Å². The Kier molecular flexibility index (Phi) is 3.24. The first kappa shape index (κ1) is 14.0. The lowest BCUT2D eigenvalue weighted by atomic mass is 10.0. The molecule has 5 nitrogen and oxygen atoms in total. The second-order valence-electron chi connectivity index (χ2n) is 4.25. The second-order valence-corrected chi connectivity index (χ2v) is 4.25. The number of benzene rings is 1. The largest absolute Gasteiger partial charge is 0.481 e. The van der Waals surface area contributed by atoms with Gasteiger partial charge in [-0.3, -0.25) is 4.79 Å². The molecule has 0 amide bonds. The lowest BCUT2D eigenvalue weighted by Gasteiger charge is -2.11. The van der Waals surface area contributed by atoms with Crippen LogP contribution in [0.2, 0.25) is 0 Å². The van der Waals surface area contributed by atoms with E-state index in [9.17, 15) is 22.8 Å². The van der Waals surface area contributed by atoms with Gasteiger partial charge < -0.3 is 10.1 Å². The molecule has 0 radical (unpaired) electrons. The van der Waals surface area contributed by atoms with Gasteiger partial charge in [0, 0.05) is 11.1 Å². The zero-order valence-electron chi connectivity index (χ0n) is 10.2. The molecule has 8 heteroatoms. The highest BCUT2D eigenvalue weighted by atomic mass is 19.4. The molecule has 1 atom stereocenters. The van der Waals surface area contributed by atoms with Gasteiger partial charge in [0.05, 0.1) is 17.0 Å². The van der Waals surface area contributed by atoms with Crippen LogP contribution in [0.15, 0.2) is 23.0 Å². The number of hydrogen-bond acceptors (Lipinski definition) is 3. The Labute approximate surface area is 110 Å². The van der Waals surface area contributed by atoms with Gasteiger partial charge >= 0.3 is 17.8 Å². The molecule has 2 aromatic rings. The molecule has 0 aliphatic rings. The maximum atomic E-state index is 12.6. The summed E-state index contributed by atoms with van der Waals surface area (Å²) in [5.74, 6) is -2.27. The monoisotopic (exact) mass is 286 g/mol. The molecule has 106 valence electrons. The fraction of sp³-hybridized carbons (Fsp3) is 0.250. The average molecular weight is 286 g/mol. The first-order valence-corrected chi connectivity index (χ1v) is 5.54. The summed E-state index contributed by atoms with van der Waals surface area (Å²) in [6.07, 6.45) is -4.56. The molecule has 0 aliphatic carbocycles. The molecule has 0 spiro atoms. The first-order chi connectivity index (χ1) is 9.20. The molecule has 0 bridgehead atoms. The summed E-state index contributed by atoms with van der Waals surface area (Å²) >= 11 is 0. The Morgan fingerprint density at radius 2 is 2.05 bits per heavy atom. The number of carbonyl (C=O) groups is 1. The predicted molar refractivity (Wildman–Crippen MR) is 63.4 cm³/mol. The molecule has 20 heavy (non-hydrogen) atoms. The van der Waals surface area contributed by atoms with E-state index >= 15 is 0 Å². The standard InChI is InChI=1S/C12H9F3N2O3/c1-5(10(18)19)9-7-3-2-6(12(13,14)15)4-8(7)16-11(20)17-9/h2-5H,1H3,(H,18,19)(H,16,17,20). The van der Waals surface area contributed by atoms with Crippen molar-refractivity contribution in [1.29, 1.82) is 0 Å². The van der Waals surface area contributed by atoms with E-state index in [2.05, 4.69) is 9.97 Å². The van der Waals surface area contributed by atoms with Crippen molar-refractivity contribution >= 4 is 16.9 Å². The van der Waals surface area contributed by atoms with E-state index < -0.39 is 29.3 Å². The maximum absolute atomic E-state index is 12.6. The van der Waals surface area contributed by atoms with Gasteiger partial charge in [0.25, 0.3) is 0 Å². The maximum Gasteiger partial charge on any atom is 0.416 e. The van der Waals surface area contributed by atoms with Gasteiger partial charge in [-0.25, -0.2) is 4.79 Å². The van der Waals surface area contributed by atoms with Gasteiger partial charge in [0.1, 0.15) is 0 Å². The average Bonchev–Trinajstić information content (AvgIpc) is 2.34. The van der Waals surface area contributed by atoms with Crippen LogP contribution in [0.1, 0.15) is 24.1 Å². The number of carboxylic acids is 1. The number of carboxylic acid groups (broad SMARTS) is 1. The molecule has 0 saturated carbocycles. The van der Waals surface area contributed by atoms with Crippen LogP contribution >= 0.6 is 0 Å². The summed E-state index contributed by atoms with van der Waals surface area (Å²) in [7, 11) is 0. The minimum absolute atomic E-state index is 0.0289. The smallest absolute Gasteiger partial charge is 0.416 e. The third-order valence-corrected chi connectivity index (χ3v) is 2.88. The number of alkyl halides is 3. The van der Waals surface area contributed by atoms with E-state index in [0.717, 1.165) is 18.2 Å². The van der Waals surface area contributed by atoms with Crippen molar-refractivity contribution in [3.63, 3.8) is 0 Å². The second kappa shape index (κ2) is 4.62. The lowest BCUT2D eigenvalue weighted by molar-refractivity contribution is -0.139. The number of aromatic nitrogens is 2. The molecule has 0 saturated heterocycles. The van der Waals surface area contributed by atoms with Crippen LogP contribution in [0.5, 0.6) is 0 Å². The van der Waals surface area contributed by atoms with E-state index in [-0.39, 0.29) is 16.6 Å². The third kappa shape index (κ3) is 2.49. The van der Waals surface area contributed by atoms with E-state index in [1.807, 2.05) is 0 Å². The molecule has 1 aromatic carbocycles. The molecule has 1 unspecified atom stereocenters. The number of fused-ring (bicyclic) bond motifs is 1. The Hall–Kier alpha value is -2.38. The lowest BCUT2D eigenvalue weighted by Crippen LogP contribution is -2.19. The normalized spacial score (nSPS) is 13.4. The number of hydrogen-bond donors (Lipinski definition) is 2. The van der Waals surface area contributed by atoms with Crippen LogP contribution in [-0.2, 0) is 11.0 Å². The summed E-state index contributed by atoms with van der Waals surface area (Å²) < 4.78 is 37.8. The van der Waals surface area contributed by atoms with Crippen LogP contribution < -0.4 is 5.69 Å². The number of nitrogens with zero attached hydrogens (tertiary/aromatic N) is 1. The first-order valence-electron chi connectivity index (χ1n) is 5.54. The fourth-order valence-electron chi connectivity index (χ4n) is 1.81. The van der Waals surface area contributed by atoms with Gasteiger partial charge in [0.2, 0.25) is 0 Å². The van der Waals surface area contributed by atoms with Gasteiger partial charge in [0.15, 0.2) is 0 Å². The Morgan fingerprint density at radius 1 is 1.40 bits per heavy atom. The van der Waals surface area contributed by atoms with Crippen molar-refractivity contribution in [2.45, 2.75) is 19.0 Å². The topological polar surface area (TPSA) is 83.0 Å². The summed E-state index contributed by atoms with van der Waals surface area (Å²) in [4.78, 5) is 28.0. The fourth-order valence-corrected chi connectivity index (χ4v) is 1.81. The molecular formula is C12H9F3N2O3. The van der Waals surface area contributed by atoms with Crippen molar-refractivity contribution in [2.75, 3.05) is 0 Å². The van der Waals surface area contributed by atoms with Crippen LogP contribution in [-0.4, -0.2) is 21.0 Å². The minimum atomic E-state index is -4.56. The predicted octanol–water partition coefficient (Wildman–Crippen LogP) is 2.13. The molecule has 1 heterocycles. The quantitative estimate of drug-likeness (QED) is 0.886. The number of rotatable bonds is 2. The van der Waals surface area contributed by atoms with E-state index in [4.69, 9.17) is 5.11 Å². The van der Waals surface area contributed by atoms with Gasteiger partial charge in [-0.15, -0.1) is 0 Å². The zero-order chi connectivity index (χ0) is 15.1. The molecule has 2 rings (SSSR count). The zero-order valence-corrected chi connectivity index (χ0v) is 10.2. The number of halogens is 3. The highest BCUT2D eigenvalue weighted by molar-refractivity contribution is 5.87. The molecular weight excluding hydrogens is 277 g/mol. The van der Waals surface area contributed by atoms with Crippen molar-refractivity contribution in [3.8, 4) is 0 Å². The summed E-state index contributed by atoms with van der Waals surface area (Å²) in [5, 5.41) is 9.12. The van der Waals surface area contributed by atoms with Crippen molar-refractivity contribution in [3.05, 3.63) is 39.9 Å². The van der Waals surface area contributed by atoms with E-state index in [1.165, 1.54) is 6.92 Å². The Balaban J connectivity index is 2.74. The third-order valence-electron chi connectivity index (χ3n) is 2.88. The SMILES string of the molecule is CC(C(=O)O)c1[nH]c(=O)nc2cc(C(F)(F)F)ccc12. The highest BCUT2D eigenvalue weighted by Crippen LogP contribution is 2.32. The van der Waals surface area contributed by atoms with Crippen LogP contribution in [0, 0.1) is 0 Å². The Bertz CT molecular complexity index is 737. The summed E-state index contributed by atoms with van der Waals surface area (Å²) in [6, 6.07) is 2.65. The van der Waals surface area contributed by atoms with E-state index in [1.54, 1.807) is 0 Å². The number of nitrogens with one attached hydrogen (secondary N) is 1. The summed E-state index contributed by atoms with van der Waals surface area (Å²) in [6.45, 7) is 1.32. The van der Waals surface area contributed by atoms with Crippen LogP contribution in [0.4, 0.5) is 13.2 Å². The molecule has 0 aliphatic heterocycles. The minimum Gasteiger partial charge on any atom is -0.481 e. The number of H-pyrrole nitrogens is 1. The van der Waals surface area contributed by atoms with Gasteiger partial charge in [-0.2, -0.15) is 18.2 Å². The summed E-state index contributed by atoms with van der Waals surface area (Å²) in [5.41, 5.74) is -2.00. The van der Waals surface area contributed by atoms with Gasteiger partial charge in [-0.1, -0.05) is 6.07 Å². The van der Waals surface area contributed by atoms with Gasteiger partial charge in [-0.05, 0) is 19.1 Å². The van der Waals surface area contributed by atoms with Crippen LogP contribution in [0.25, 0.3) is 10.9 Å². The number of aromatic amines is 1. The van der Waals surface area contributed by atoms with Crippen molar-refractivity contribution < 1.29 is 23.1 Å². The molecule has 0 fully saturated rings. The van der Waals surface area contributed by atoms with E-state index in [0.29, 0.717) is 0 Å². The van der Waals surface area contributed by atoms with Crippen molar-refractivity contribution in [2.24, 2.45) is 0 Å². The highest BCUT2D eigenvalue weighted by Gasteiger charge is 2.31. The Morgan fingerprint density at radius 3 is 2.60 bits per heavy atom. The molecule has 2 N–H and O–H groups in total. The number of aliphatic carboxylic acids is 1. The molecule has 1 aromatic heterocycles.